The van der Waals surface area contributed by atoms with Crippen LogP contribution in [-0.2, 0) is 14.8 Å². The van der Waals surface area contributed by atoms with Gasteiger partial charge in [-0.25, -0.2) is 8.42 Å². The molecule has 0 aliphatic rings. The maximum atomic E-state index is 12.8. The Morgan fingerprint density at radius 2 is 1.68 bits per heavy atom. The summed E-state index contributed by atoms with van der Waals surface area (Å²) in [6.07, 6.45) is 0.421. The number of hydrogen-bond acceptors (Lipinski definition) is 6. The van der Waals surface area contributed by atoms with Crippen LogP contribution < -0.4 is 10.1 Å². The van der Waals surface area contributed by atoms with E-state index in [9.17, 15) is 23.3 Å². The Hall–Kier alpha value is -2.98. The lowest BCUT2D eigenvalue weighted by Crippen LogP contribution is -2.32. The third-order valence-corrected chi connectivity index (χ3v) is 6.35. The van der Waals surface area contributed by atoms with E-state index in [1.165, 1.54) is 53.7 Å². The summed E-state index contributed by atoms with van der Waals surface area (Å²) >= 11 is 0. The molecular formula is C21H27N3O6S. The number of carbonyl (C=O) groups excluding carboxylic acids is 1. The molecule has 0 aromatic heterocycles. The van der Waals surface area contributed by atoms with E-state index in [0.29, 0.717) is 31.6 Å². The summed E-state index contributed by atoms with van der Waals surface area (Å²) in [7, 11) is -3.61. The molecule has 0 fully saturated rings. The fourth-order valence-electron chi connectivity index (χ4n) is 2.91. The standard InChI is InChI=1S/C21H27N3O6S/c1-4-14-23(15-5-2)31(28,29)18-12-10-17(11-13-18)22-21(25)16(3)30-20-9-7-6-8-19(20)24(26)27/h6-13,16H,4-5,14-15H2,1-3H3,(H,22,25). The normalized spacial score (nSPS) is 12.4. The summed E-state index contributed by atoms with van der Waals surface area (Å²) in [6, 6.07) is 11.7. The molecule has 0 aliphatic heterocycles. The van der Waals surface area contributed by atoms with E-state index >= 15 is 0 Å². The molecule has 2 rings (SSSR count). The second kappa shape index (κ2) is 10.9. The van der Waals surface area contributed by atoms with Gasteiger partial charge in [0.15, 0.2) is 11.9 Å². The van der Waals surface area contributed by atoms with E-state index in [1.54, 1.807) is 6.07 Å². The number of carbonyl (C=O) groups is 1. The molecule has 2 aromatic carbocycles. The highest BCUT2D eigenvalue weighted by molar-refractivity contribution is 7.89. The van der Waals surface area contributed by atoms with Crippen LogP contribution in [0.2, 0.25) is 0 Å². The first-order chi connectivity index (χ1) is 14.7. The summed E-state index contributed by atoms with van der Waals surface area (Å²) in [5.41, 5.74) is 0.153. The number of benzene rings is 2. The smallest absolute Gasteiger partial charge is 0.310 e. The number of hydrogen-bond donors (Lipinski definition) is 1. The zero-order valence-electron chi connectivity index (χ0n) is 17.8. The van der Waals surface area contributed by atoms with Gasteiger partial charge in [0.2, 0.25) is 10.0 Å². The number of anilines is 1. The Kier molecular flexibility index (Phi) is 8.52. The van der Waals surface area contributed by atoms with Gasteiger partial charge in [-0.3, -0.25) is 14.9 Å². The van der Waals surface area contributed by atoms with E-state index in [2.05, 4.69) is 5.32 Å². The van der Waals surface area contributed by atoms with Crippen molar-refractivity contribution in [3.05, 3.63) is 58.6 Å². The van der Waals surface area contributed by atoms with Gasteiger partial charge in [-0.2, -0.15) is 4.31 Å². The van der Waals surface area contributed by atoms with E-state index in [-0.39, 0.29) is 16.3 Å². The van der Waals surface area contributed by atoms with Gasteiger partial charge in [0.1, 0.15) is 0 Å². The van der Waals surface area contributed by atoms with Crippen molar-refractivity contribution < 1.29 is 22.9 Å². The van der Waals surface area contributed by atoms with Crippen LogP contribution in [0.4, 0.5) is 11.4 Å². The first-order valence-electron chi connectivity index (χ1n) is 10.0. The summed E-state index contributed by atoms with van der Waals surface area (Å²) in [6.45, 7) is 6.19. The van der Waals surface area contributed by atoms with Crippen LogP contribution in [0.1, 0.15) is 33.6 Å². The van der Waals surface area contributed by atoms with E-state index < -0.39 is 27.0 Å². The van der Waals surface area contributed by atoms with Gasteiger partial charge < -0.3 is 10.1 Å². The van der Waals surface area contributed by atoms with Crippen molar-refractivity contribution in [1.29, 1.82) is 0 Å². The molecule has 1 unspecified atom stereocenters. The third kappa shape index (κ3) is 6.25. The van der Waals surface area contributed by atoms with Crippen molar-refractivity contribution in [3.8, 4) is 5.75 Å². The van der Waals surface area contributed by atoms with Crippen molar-refractivity contribution in [3.63, 3.8) is 0 Å². The summed E-state index contributed by atoms with van der Waals surface area (Å²) in [5.74, 6) is -0.532. The van der Waals surface area contributed by atoms with Crippen LogP contribution in [0.5, 0.6) is 5.75 Å². The van der Waals surface area contributed by atoms with Crippen molar-refractivity contribution in [2.45, 2.75) is 44.6 Å². The molecule has 1 atom stereocenters. The third-order valence-electron chi connectivity index (χ3n) is 4.44. The van der Waals surface area contributed by atoms with Crippen LogP contribution >= 0.6 is 0 Å². The van der Waals surface area contributed by atoms with Gasteiger partial charge in [0, 0.05) is 24.8 Å². The average molecular weight is 450 g/mol. The maximum Gasteiger partial charge on any atom is 0.310 e. The number of ether oxygens (including phenoxy) is 1. The molecule has 0 radical (unpaired) electrons. The number of sulfonamides is 1. The summed E-state index contributed by atoms with van der Waals surface area (Å²) < 4.78 is 32.5. The molecule has 168 valence electrons. The molecule has 0 aliphatic carbocycles. The number of nitro benzene ring substituents is 1. The first kappa shape index (κ1) is 24.3. The Labute approximate surface area is 182 Å². The Balaban J connectivity index is 2.09. The van der Waals surface area contributed by atoms with Crippen LogP contribution in [0.15, 0.2) is 53.4 Å². The van der Waals surface area contributed by atoms with Gasteiger partial charge in [0.05, 0.1) is 9.82 Å². The van der Waals surface area contributed by atoms with Crippen LogP contribution in [0.25, 0.3) is 0 Å². The second-order valence-corrected chi connectivity index (χ2v) is 8.84. The highest BCUT2D eigenvalue weighted by Crippen LogP contribution is 2.27. The number of nitrogens with zero attached hydrogens (tertiary/aromatic N) is 2. The molecule has 2 aromatic rings. The number of rotatable bonds is 11. The Morgan fingerprint density at radius 3 is 2.23 bits per heavy atom. The average Bonchev–Trinajstić information content (AvgIpc) is 2.74. The van der Waals surface area contributed by atoms with Crippen LogP contribution in [-0.4, -0.2) is 42.7 Å². The fourth-order valence-corrected chi connectivity index (χ4v) is 4.53. The van der Waals surface area contributed by atoms with Crippen LogP contribution in [0.3, 0.4) is 0 Å². The minimum Gasteiger partial charge on any atom is -0.474 e. The molecule has 9 nitrogen and oxygen atoms in total. The molecule has 1 amide bonds. The molecule has 1 N–H and O–H groups in total. The van der Waals surface area contributed by atoms with Crippen molar-refractivity contribution >= 4 is 27.3 Å². The van der Waals surface area contributed by atoms with Crippen LogP contribution in [0, 0.1) is 10.1 Å². The van der Waals surface area contributed by atoms with Crippen molar-refractivity contribution in [2.24, 2.45) is 0 Å². The quantitative estimate of drug-likeness (QED) is 0.411. The minimum absolute atomic E-state index is 0.0106. The lowest BCUT2D eigenvalue weighted by molar-refractivity contribution is -0.386. The van der Waals surface area contributed by atoms with Gasteiger partial charge in [-0.1, -0.05) is 26.0 Å². The molecular weight excluding hydrogens is 422 g/mol. The molecule has 0 spiro atoms. The topological polar surface area (TPSA) is 119 Å². The Morgan fingerprint density at radius 1 is 1.10 bits per heavy atom. The van der Waals surface area contributed by atoms with Crippen molar-refractivity contribution in [2.75, 3.05) is 18.4 Å². The predicted molar refractivity (Wildman–Crippen MR) is 118 cm³/mol. The number of para-hydroxylation sites is 2. The monoisotopic (exact) mass is 449 g/mol. The highest BCUT2D eigenvalue weighted by Gasteiger charge is 2.24. The van der Waals surface area contributed by atoms with Crippen molar-refractivity contribution in [1.82, 2.24) is 4.31 Å². The molecule has 0 heterocycles. The molecule has 0 saturated carbocycles. The van der Waals surface area contributed by atoms with Gasteiger partial charge in [-0.15, -0.1) is 0 Å². The van der Waals surface area contributed by atoms with E-state index in [1.807, 2.05) is 13.8 Å². The molecule has 0 saturated heterocycles. The number of amides is 1. The SMILES string of the molecule is CCCN(CCC)S(=O)(=O)c1ccc(NC(=O)C(C)Oc2ccccc2[N+](=O)[O-])cc1. The van der Waals surface area contributed by atoms with E-state index in [4.69, 9.17) is 4.74 Å². The van der Waals surface area contributed by atoms with E-state index in [0.717, 1.165) is 0 Å². The predicted octanol–water partition coefficient (Wildman–Crippen LogP) is 3.81. The zero-order chi connectivity index (χ0) is 23.0. The Bertz CT molecular complexity index is 1000. The molecule has 31 heavy (non-hydrogen) atoms. The molecule has 0 bridgehead atoms. The number of nitro groups is 1. The highest BCUT2D eigenvalue weighted by atomic mass is 32.2. The summed E-state index contributed by atoms with van der Waals surface area (Å²) in [5, 5.41) is 13.7. The lowest BCUT2D eigenvalue weighted by Gasteiger charge is -2.21. The van der Waals surface area contributed by atoms with Gasteiger partial charge in [-0.05, 0) is 50.1 Å². The number of nitrogens with one attached hydrogen (secondary N) is 1. The second-order valence-electron chi connectivity index (χ2n) is 6.90. The minimum atomic E-state index is -3.61. The lowest BCUT2D eigenvalue weighted by atomic mass is 10.2. The zero-order valence-corrected chi connectivity index (χ0v) is 18.6. The van der Waals surface area contributed by atoms with Gasteiger partial charge in [0.25, 0.3) is 5.91 Å². The summed E-state index contributed by atoms with van der Waals surface area (Å²) in [4.78, 5) is 23.1. The largest absolute Gasteiger partial charge is 0.474 e. The maximum absolute atomic E-state index is 12.8. The first-order valence-corrected chi connectivity index (χ1v) is 11.5. The fraction of sp³-hybridized carbons (Fsp3) is 0.381. The molecule has 10 heteroatoms. The van der Waals surface area contributed by atoms with Gasteiger partial charge >= 0.3 is 5.69 Å².